The zero-order valence-electron chi connectivity index (χ0n) is 23.2. The lowest BCUT2D eigenvalue weighted by atomic mass is 10.1. The number of methoxy groups -OCH3 is 2. The number of aromatic nitrogens is 4. The molecule has 2 aliphatic rings. The van der Waals surface area contributed by atoms with Gasteiger partial charge in [-0.15, -0.1) is 0 Å². The van der Waals surface area contributed by atoms with Crippen molar-refractivity contribution < 1.29 is 9.47 Å². The zero-order valence-corrected chi connectivity index (χ0v) is 23.9. The molecule has 10 nitrogen and oxygen atoms in total. The molecule has 5 heterocycles. The molecule has 0 saturated carbocycles. The van der Waals surface area contributed by atoms with Crippen LogP contribution >= 0.6 is 11.6 Å². The van der Waals surface area contributed by atoms with Crippen LogP contribution in [-0.4, -0.2) is 85.9 Å². The Morgan fingerprint density at radius 1 is 0.875 bits per heavy atom. The van der Waals surface area contributed by atoms with Gasteiger partial charge in [0.05, 0.1) is 24.9 Å². The first-order valence-electron chi connectivity index (χ1n) is 13.7. The fourth-order valence-corrected chi connectivity index (χ4v) is 5.83. The molecule has 1 aromatic carbocycles. The molecule has 0 unspecified atom stereocenters. The topological polar surface area (TPSA) is 83.3 Å². The first kappa shape index (κ1) is 26.5. The van der Waals surface area contributed by atoms with Crippen molar-refractivity contribution in [3.05, 3.63) is 53.9 Å². The molecule has 0 amide bonds. The van der Waals surface area contributed by atoms with Gasteiger partial charge in [0, 0.05) is 87.3 Å². The quantitative estimate of drug-likeness (QED) is 0.359. The number of rotatable bonds is 7. The largest absolute Gasteiger partial charge is 0.496 e. The van der Waals surface area contributed by atoms with Crippen molar-refractivity contribution in [3.63, 3.8) is 0 Å². The van der Waals surface area contributed by atoms with Crippen molar-refractivity contribution in [3.8, 4) is 22.8 Å². The van der Waals surface area contributed by atoms with E-state index in [0.717, 1.165) is 86.5 Å². The molecule has 3 aromatic heterocycles. The maximum absolute atomic E-state index is 6.41. The number of piperidine rings is 1. The molecule has 0 aliphatic carbocycles. The average Bonchev–Trinajstić information content (AvgIpc) is 3.44. The lowest BCUT2D eigenvalue weighted by molar-refractivity contribution is 0.395. The van der Waals surface area contributed by atoms with Gasteiger partial charge in [-0.05, 0) is 38.1 Å². The van der Waals surface area contributed by atoms with Crippen molar-refractivity contribution in [2.75, 3.05) is 75.2 Å². The van der Waals surface area contributed by atoms with Gasteiger partial charge in [0.25, 0.3) is 0 Å². The Kier molecular flexibility index (Phi) is 7.53. The van der Waals surface area contributed by atoms with Gasteiger partial charge in [-0.3, -0.25) is 0 Å². The smallest absolute Gasteiger partial charge is 0.227 e. The van der Waals surface area contributed by atoms with Gasteiger partial charge in [-0.1, -0.05) is 11.6 Å². The third-order valence-electron chi connectivity index (χ3n) is 7.98. The van der Waals surface area contributed by atoms with Crippen LogP contribution in [0.5, 0.6) is 11.5 Å². The molecule has 0 bridgehead atoms. The molecular formula is C29H35ClN8O2. The molecule has 1 N–H and O–H groups in total. The number of pyridine rings is 1. The summed E-state index contributed by atoms with van der Waals surface area (Å²) in [7, 11) is 5.27. The SMILES string of the molecule is CNC1CCN(c2ccnc(N3CCN(c4ccn5cc(-c6cc(Cl)c(OC)cc6OC)nc5c4)CC3)n2)CC1. The van der Waals surface area contributed by atoms with Gasteiger partial charge < -0.3 is 33.9 Å². The van der Waals surface area contributed by atoms with E-state index < -0.39 is 0 Å². The van der Waals surface area contributed by atoms with Crippen LogP contribution in [0, 0.1) is 0 Å². The molecule has 2 saturated heterocycles. The van der Waals surface area contributed by atoms with Crippen molar-refractivity contribution >= 4 is 34.7 Å². The highest BCUT2D eigenvalue weighted by Crippen LogP contribution is 2.38. The van der Waals surface area contributed by atoms with Gasteiger partial charge in [0.2, 0.25) is 5.95 Å². The highest BCUT2D eigenvalue weighted by atomic mass is 35.5. The Morgan fingerprint density at radius 2 is 1.62 bits per heavy atom. The molecule has 0 atom stereocenters. The monoisotopic (exact) mass is 562 g/mol. The van der Waals surface area contributed by atoms with Gasteiger partial charge in [-0.2, -0.15) is 4.98 Å². The lowest BCUT2D eigenvalue weighted by Gasteiger charge is -2.37. The number of piperazine rings is 1. The summed E-state index contributed by atoms with van der Waals surface area (Å²) >= 11 is 6.41. The van der Waals surface area contributed by atoms with Crippen molar-refractivity contribution in [2.24, 2.45) is 0 Å². The van der Waals surface area contributed by atoms with Gasteiger partial charge >= 0.3 is 0 Å². The highest BCUT2D eigenvalue weighted by Gasteiger charge is 2.23. The van der Waals surface area contributed by atoms with E-state index in [9.17, 15) is 0 Å². The van der Waals surface area contributed by atoms with Crippen molar-refractivity contribution in [1.29, 1.82) is 0 Å². The van der Waals surface area contributed by atoms with Crippen LogP contribution in [0.2, 0.25) is 5.02 Å². The minimum absolute atomic E-state index is 0.516. The number of halogens is 1. The van der Waals surface area contributed by atoms with E-state index in [4.69, 9.17) is 31.0 Å². The molecule has 40 heavy (non-hydrogen) atoms. The number of nitrogens with one attached hydrogen (secondary N) is 1. The number of fused-ring (bicyclic) bond motifs is 1. The van der Waals surface area contributed by atoms with Crippen LogP contribution in [0.25, 0.3) is 16.9 Å². The predicted molar refractivity (Wildman–Crippen MR) is 159 cm³/mol. The maximum Gasteiger partial charge on any atom is 0.227 e. The molecule has 4 aromatic rings. The second kappa shape index (κ2) is 11.4. The number of imidazole rings is 1. The Labute approximate surface area is 239 Å². The molecule has 0 radical (unpaired) electrons. The predicted octanol–water partition coefficient (Wildman–Crippen LogP) is 3.98. The number of benzene rings is 1. The second-order valence-electron chi connectivity index (χ2n) is 10.2. The number of hydrogen-bond acceptors (Lipinski definition) is 9. The minimum atomic E-state index is 0.516. The Hall–Kier alpha value is -3.76. The van der Waals surface area contributed by atoms with E-state index in [1.54, 1.807) is 20.3 Å². The van der Waals surface area contributed by atoms with Crippen LogP contribution in [0.3, 0.4) is 0 Å². The van der Waals surface area contributed by atoms with E-state index in [-0.39, 0.29) is 0 Å². The average molecular weight is 563 g/mol. The van der Waals surface area contributed by atoms with Crippen LogP contribution in [0.4, 0.5) is 17.5 Å². The van der Waals surface area contributed by atoms with Crippen molar-refractivity contribution in [1.82, 2.24) is 24.7 Å². The summed E-state index contributed by atoms with van der Waals surface area (Å²) in [4.78, 5) is 21.5. The normalized spacial score (nSPS) is 16.6. The first-order valence-corrected chi connectivity index (χ1v) is 14.1. The fourth-order valence-electron chi connectivity index (χ4n) is 5.59. The standard InChI is InChI=1S/C29H35ClN8O2/c1-31-20-5-9-36(10-6-20)27-4-8-32-29(34-27)37-14-12-35(13-15-37)21-7-11-38-19-24(33-28(38)16-21)22-17-23(30)26(40-3)18-25(22)39-2/h4,7-8,11,16-20,31H,5-6,9-10,12-15H2,1-3H3. The van der Waals surface area contributed by atoms with E-state index in [2.05, 4.69) is 43.3 Å². The second-order valence-corrected chi connectivity index (χ2v) is 10.6. The Balaban J connectivity index is 1.14. The summed E-state index contributed by atoms with van der Waals surface area (Å²) in [5.74, 6) is 3.07. The van der Waals surface area contributed by atoms with Gasteiger partial charge in [0.15, 0.2) is 0 Å². The summed E-state index contributed by atoms with van der Waals surface area (Å²) in [5, 5.41) is 3.91. The molecule has 6 rings (SSSR count). The Morgan fingerprint density at radius 3 is 2.35 bits per heavy atom. The van der Waals surface area contributed by atoms with Gasteiger partial charge in [-0.25, -0.2) is 9.97 Å². The summed E-state index contributed by atoms with van der Waals surface area (Å²) in [5.41, 5.74) is 3.62. The van der Waals surface area contributed by atoms with Crippen LogP contribution in [-0.2, 0) is 0 Å². The number of anilines is 3. The molecule has 210 valence electrons. The number of ether oxygens (including phenoxy) is 2. The first-order chi connectivity index (χ1) is 19.6. The van der Waals surface area contributed by atoms with Crippen LogP contribution < -0.4 is 29.5 Å². The minimum Gasteiger partial charge on any atom is -0.496 e. The molecule has 0 spiro atoms. The maximum atomic E-state index is 6.41. The lowest BCUT2D eigenvalue weighted by Crippen LogP contribution is -2.47. The zero-order chi connectivity index (χ0) is 27.6. The Bertz CT molecular complexity index is 1480. The molecule has 11 heteroatoms. The summed E-state index contributed by atoms with van der Waals surface area (Å²) < 4.78 is 13.0. The highest BCUT2D eigenvalue weighted by molar-refractivity contribution is 6.32. The van der Waals surface area contributed by atoms with Crippen molar-refractivity contribution in [2.45, 2.75) is 18.9 Å². The summed E-state index contributed by atoms with van der Waals surface area (Å²) in [6.45, 7) is 5.52. The van der Waals surface area contributed by atoms with E-state index in [1.807, 2.05) is 36.0 Å². The van der Waals surface area contributed by atoms with E-state index >= 15 is 0 Å². The summed E-state index contributed by atoms with van der Waals surface area (Å²) in [6, 6.07) is 10.5. The van der Waals surface area contributed by atoms with E-state index in [1.165, 1.54) is 0 Å². The number of nitrogens with zero attached hydrogens (tertiary/aromatic N) is 7. The third-order valence-corrected chi connectivity index (χ3v) is 8.27. The van der Waals surface area contributed by atoms with Crippen LogP contribution in [0.15, 0.2) is 48.9 Å². The molecule has 2 aliphatic heterocycles. The van der Waals surface area contributed by atoms with Gasteiger partial charge in [0.1, 0.15) is 23.0 Å². The third kappa shape index (κ3) is 5.21. The number of hydrogen-bond donors (Lipinski definition) is 1. The van der Waals surface area contributed by atoms with E-state index in [0.29, 0.717) is 22.6 Å². The fraction of sp³-hybridized carbons (Fsp3) is 0.414. The van der Waals surface area contributed by atoms with Crippen LogP contribution in [0.1, 0.15) is 12.8 Å². The molecular weight excluding hydrogens is 528 g/mol. The molecule has 2 fully saturated rings. The summed E-state index contributed by atoms with van der Waals surface area (Å²) in [6.07, 6.45) is 8.21.